The number of phenols is 1. The molecular weight excluding hydrogens is 544 g/mol. The van der Waals surface area contributed by atoms with Gasteiger partial charge in [-0.05, 0) is 88.7 Å². The normalized spacial score (nSPS) is 15.0. The number of hydrogen-bond donors (Lipinski definition) is 1. The van der Waals surface area contributed by atoms with Crippen LogP contribution < -0.4 is 9.64 Å². The van der Waals surface area contributed by atoms with Crippen molar-refractivity contribution in [1.82, 2.24) is 0 Å². The molecule has 0 aliphatic carbocycles. The van der Waals surface area contributed by atoms with E-state index < -0.39 is 6.04 Å². The minimum Gasteiger partial charge on any atom is -0.508 e. The van der Waals surface area contributed by atoms with Crippen molar-refractivity contribution in [3.63, 3.8) is 0 Å². The van der Waals surface area contributed by atoms with Crippen molar-refractivity contribution in [2.45, 2.75) is 58.5 Å². The number of amides is 1. The molecular formula is C36H37ClN2O3. The Morgan fingerprint density at radius 2 is 1.62 bits per heavy atom. The summed E-state index contributed by atoms with van der Waals surface area (Å²) in [5.41, 5.74) is 7.57. The van der Waals surface area contributed by atoms with Crippen LogP contribution in [0.4, 0.5) is 5.69 Å². The van der Waals surface area contributed by atoms with Gasteiger partial charge in [-0.15, -0.1) is 0 Å². The SMILES string of the molecule is COc1ccc(CN2C(=O)C(Cc3cc(C(C)C)ccc3C(C)C)N=C(c3ccc(O)cc3)c3cc(Cl)ccc32)cc1. The van der Waals surface area contributed by atoms with Crippen molar-refractivity contribution >= 4 is 28.9 Å². The molecule has 1 atom stereocenters. The number of hydrogen-bond acceptors (Lipinski definition) is 4. The third-order valence-corrected chi connectivity index (χ3v) is 8.09. The number of anilines is 1. The predicted octanol–water partition coefficient (Wildman–Crippen LogP) is 8.30. The maximum absolute atomic E-state index is 14.6. The van der Waals surface area contributed by atoms with Gasteiger partial charge in [0.25, 0.3) is 5.91 Å². The third-order valence-electron chi connectivity index (χ3n) is 7.85. The van der Waals surface area contributed by atoms with Gasteiger partial charge in [0.1, 0.15) is 17.5 Å². The van der Waals surface area contributed by atoms with E-state index in [1.807, 2.05) is 59.5 Å². The van der Waals surface area contributed by atoms with Gasteiger partial charge in [-0.3, -0.25) is 9.79 Å². The molecule has 0 spiro atoms. The number of rotatable bonds is 8. The van der Waals surface area contributed by atoms with Gasteiger partial charge in [0.05, 0.1) is 25.1 Å². The number of nitrogens with zero attached hydrogens (tertiary/aromatic N) is 2. The molecule has 5 rings (SSSR count). The number of benzodiazepines with no additional fused rings is 1. The highest BCUT2D eigenvalue weighted by Crippen LogP contribution is 2.34. The molecule has 0 aromatic heterocycles. The van der Waals surface area contributed by atoms with Gasteiger partial charge in [-0.1, -0.05) is 69.6 Å². The largest absolute Gasteiger partial charge is 0.508 e. The number of aliphatic imine (C=N–C) groups is 1. The van der Waals surface area contributed by atoms with E-state index in [1.54, 1.807) is 19.2 Å². The third kappa shape index (κ3) is 6.22. The summed E-state index contributed by atoms with van der Waals surface area (Å²) in [4.78, 5) is 21.6. The molecule has 4 aromatic carbocycles. The lowest BCUT2D eigenvalue weighted by Gasteiger charge is -2.26. The van der Waals surface area contributed by atoms with E-state index in [2.05, 4.69) is 45.9 Å². The van der Waals surface area contributed by atoms with Crippen LogP contribution in [0.3, 0.4) is 0 Å². The number of phenolic OH excluding ortho intramolecular Hbond substituents is 1. The Bertz CT molecular complexity index is 1610. The molecule has 1 N–H and O–H groups in total. The number of methoxy groups -OCH3 is 1. The van der Waals surface area contributed by atoms with E-state index in [9.17, 15) is 9.90 Å². The van der Waals surface area contributed by atoms with Crippen molar-refractivity contribution in [2.24, 2.45) is 4.99 Å². The van der Waals surface area contributed by atoms with Crippen molar-refractivity contribution in [2.75, 3.05) is 12.0 Å². The highest BCUT2D eigenvalue weighted by atomic mass is 35.5. The van der Waals surface area contributed by atoms with Crippen LogP contribution in [0.1, 0.15) is 72.9 Å². The Kier molecular flexibility index (Phi) is 8.69. The van der Waals surface area contributed by atoms with Crippen LogP contribution in [0.25, 0.3) is 0 Å². The molecule has 216 valence electrons. The van der Waals surface area contributed by atoms with Crippen LogP contribution in [0.5, 0.6) is 11.5 Å². The van der Waals surface area contributed by atoms with E-state index in [1.165, 1.54) is 11.1 Å². The van der Waals surface area contributed by atoms with E-state index in [-0.39, 0.29) is 11.7 Å². The summed E-state index contributed by atoms with van der Waals surface area (Å²) >= 11 is 6.54. The zero-order valence-corrected chi connectivity index (χ0v) is 25.5. The summed E-state index contributed by atoms with van der Waals surface area (Å²) in [5, 5.41) is 10.6. The van der Waals surface area contributed by atoms with Crippen LogP contribution >= 0.6 is 11.6 Å². The quantitative estimate of drug-likeness (QED) is 0.228. The smallest absolute Gasteiger partial charge is 0.252 e. The molecule has 1 amide bonds. The van der Waals surface area contributed by atoms with E-state index >= 15 is 0 Å². The average molecular weight is 581 g/mol. The van der Waals surface area contributed by atoms with Crippen LogP contribution in [0, 0.1) is 0 Å². The van der Waals surface area contributed by atoms with E-state index in [4.69, 9.17) is 21.3 Å². The maximum Gasteiger partial charge on any atom is 0.252 e. The van der Waals surface area contributed by atoms with Gasteiger partial charge in [0.15, 0.2) is 0 Å². The summed E-state index contributed by atoms with van der Waals surface area (Å²) < 4.78 is 5.35. The van der Waals surface area contributed by atoms with E-state index in [0.717, 1.165) is 33.7 Å². The molecule has 0 saturated carbocycles. The summed E-state index contributed by atoms with van der Waals surface area (Å²) in [5.74, 6) is 1.51. The predicted molar refractivity (Wildman–Crippen MR) is 171 cm³/mol. The molecule has 0 bridgehead atoms. The molecule has 6 heteroatoms. The lowest BCUT2D eigenvalue weighted by atomic mass is 9.89. The minimum absolute atomic E-state index is 0.0761. The molecule has 1 aliphatic rings. The fourth-order valence-corrected chi connectivity index (χ4v) is 5.68. The van der Waals surface area contributed by atoms with Gasteiger partial charge in [-0.25, -0.2) is 0 Å². The van der Waals surface area contributed by atoms with Crippen molar-refractivity contribution in [1.29, 1.82) is 0 Å². The zero-order chi connectivity index (χ0) is 30.0. The molecule has 1 aliphatic heterocycles. The van der Waals surface area contributed by atoms with Crippen LogP contribution in [-0.4, -0.2) is 29.9 Å². The lowest BCUT2D eigenvalue weighted by molar-refractivity contribution is -0.119. The first-order chi connectivity index (χ1) is 20.1. The Morgan fingerprint density at radius 3 is 2.26 bits per heavy atom. The molecule has 1 unspecified atom stereocenters. The standard InChI is InChI=1S/C36H37ClN2O3/c1-22(2)26-10-16-31(23(3)4)27(18-26)19-33-36(41)39(21-24-6-14-30(42-5)15-7-24)34-17-11-28(37)20-32(34)35(38-33)25-8-12-29(40)13-9-25/h6-18,20,22-23,33,40H,19,21H2,1-5H3. The first kappa shape index (κ1) is 29.4. The number of carbonyl (C=O) groups is 1. The minimum atomic E-state index is -0.668. The second-order valence-corrected chi connectivity index (χ2v) is 11.9. The second kappa shape index (κ2) is 12.4. The van der Waals surface area contributed by atoms with Gasteiger partial charge < -0.3 is 14.7 Å². The number of carbonyl (C=O) groups excluding carboxylic acids is 1. The van der Waals surface area contributed by atoms with Crippen molar-refractivity contribution < 1.29 is 14.6 Å². The summed E-state index contributed by atoms with van der Waals surface area (Å²) in [6.45, 7) is 9.10. The first-order valence-corrected chi connectivity index (χ1v) is 14.8. The molecule has 1 heterocycles. The van der Waals surface area contributed by atoms with Crippen molar-refractivity contribution in [3.05, 3.63) is 123 Å². The average Bonchev–Trinajstić information content (AvgIpc) is 3.08. The molecule has 5 nitrogen and oxygen atoms in total. The van der Waals surface area contributed by atoms with Crippen LogP contribution in [0.15, 0.2) is 89.9 Å². The highest BCUT2D eigenvalue weighted by molar-refractivity contribution is 6.32. The monoisotopic (exact) mass is 580 g/mol. The first-order valence-electron chi connectivity index (χ1n) is 14.4. The molecule has 4 aromatic rings. The van der Waals surface area contributed by atoms with Gasteiger partial charge >= 0.3 is 0 Å². The summed E-state index contributed by atoms with van der Waals surface area (Å²) in [7, 11) is 1.64. The molecule has 0 radical (unpaired) electrons. The Morgan fingerprint density at radius 1 is 0.905 bits per heavy atom. The number of ether oxygens (including phenoxy) is 1. The Labute approximate surface area is 253 Å². The van der Waals surface area contributed by atoms with Gasteiger partial charge in [-0.2, -0.15) is 0 Å². The highest BCUT2D eigenvalue weighted by Gasteiger charge is 2.33. The Balaban J connectivity index is 1.68. The fraction of sp³-hybridized carbons (Fsp3) is 0.278. The number of halogens is 1. The number of aromatic hydroxyl groups is 1. The zero-order valence-electron chi connectivity index (χ0n) is 24.8. The Hall–Kier alpha value is -4.09. The second-order valence-electron chi connectivity index (χ2n) is 11.4. The topological polar surface area (TPSA) is 62.1 Å². The van der Waals surface area contributed by atoms with Crippen molar-refractivity contribution in [3.8, 4) is 11.5 Å². The summed E-state index contributed by atoms with van der Waals surface area (Å²) in [6, 6.07) is 26.3. The number of benzene rings is 4. The van der Waals surface area contributed by atoms with E-state index in [0.29, 0.717) is 35.5 Å². The van der Waals surface area contributed by atoms with Gasteiger partial charge in [0.2, 0.25) is 0 Å². The molecule has 42 heavy (non-hydrogen) atoms. The molecule has 0 fully saturated rings. The lowest BCUT2D eigenvalue weighted by Crippen LogP contribution is -2.38. The molecule has 0 saturated heterocycles. The maximum atomic E-state index is 14.6. The van der Waals surface area contributed by atoms with Gasteiger partial charge in [0, 0.05) is 22.6 Å². The fourth-order valence-electron chi connectivity index (χ4n) is 5.50. The van der Waals surface area contributed by atoms with Crippen LogP contribution in [0.2, 0.25) is 5.02 Å². The summed E-state index contributed by atoms with van der Waals surface area (Å²) in [6.07, 6.45) is 0.468. The number of fused-ring (bicyclic) bond motifs is 1. The van der Waals surface area contributed by atoms with Crippen LogP contribution in [-0.2, 0) is 17.8 Å².